The Hall–Kier alpha value is -0.800. The Morgan fingerprint density at radius 1 is 1.19 bits per heavy atom. The summed E-state index contributed by atoms with van der Waals surface area (Å²) < 4.78 is 2.22. The summed E-state index contributed by atoms with van der Waals surface area (Å²) in [6.07, 6.45) is 2.12. The van der Waals surface area contributed by atoms with Crippen LogP contribution in [0.15, 0.2) is 18.3 Å². The first-order valence-corrected chi connectivity index (χ1v) is 6.23. The Bertz CT molecular complexity index is 322. The highest BCUT2D eigenvalue weighted by Crippen LogP contribution is 2.10. The van der Waals surface area contributed by atoms with Gasteiger partial charge in [0.2, 0.25) is 0 Å². The average molecular weight is 221 g/mol. The third-order valence-electron chi connectivity index (χ3n) is 3.57. The molecule has 1 aliphatic heterocycles. The van der Waals surface area contributed by atoms with E-state index < -0.39 is 0 Å². The van der Waals surface area contributed by atoms with Gasteiger partial charge in [-0.05, 0) is 26.0 Å². The van der Waals surface area contributed by atoms with E-state index in [2.05, 4.69) is 53.6 Å². The van der Waals surface area contributed by atoms with Crippen molar-refractivity contribution >= 4 is 0 Å². The van der Waals surface area contributed by atoms with Crippen LogP contribution in [0.3, 0.4) is 0 Å². The lowest BCUT2D eigenvalue weighted by Gasteiger charge is -2.36. The Labute approximate surface area is 98.6 Å². The van der Waals surface area contributed by atoms with Gasteiger partial charge in [0, 0.05) is 57.7 Å². The Balaban J connectivity index is 1.84. The van der Waals surface area contributed by atoms with Crippen LogP contribution >= 0.6 is 0 Å². The van der Waals surface area contributed by atoms with Gasteiger partial charge in [-0.2, -0.15) is 0 Å². The van der Waals surface area contributed by atoms with E-state index in [1.807, 2.05) is 0 Å². The molecule has 0 spiro atoms. The molecule has 0 aliphatic carbocycles. The van der Waals surface area contributed by atoms with Gasteiger partial charge in [0.1, 0.15) is 0 Å². The van der Waals surface area contributed by atoms with Crippen LogP contribution in [-0.2, 0) is 13.6 Å². The van der Waals surface area contributed by atoms with Gasteiger partial charge >= 0.3 is 0 Å². The molecule has 3 heteroatoms. The molecule has 0 radical (unpaired) electrons. The molecule has 0 N–H and O–H groups in total. The third kappa shape index (κ3) is 2.66. The quantitative estimate of drug-likeness (QED) is 0.767. The zero-order chi connectivity index (χ0) is 11.5. The molecule has 0 saturated carbocycles. The lowest BCUT2D eigenvalue weighted by molar-refractivity contribution is 0.102. The molecule has 16 heavy (non-hydrogen) atoms. The molecule has 0 bridgehead atoms. The Morgan fingerprint density at radius 3 is 2.38 bits per heavy atom. The average Bonchev–Trinajstić information content (AvgIpc) is 2.65. The molecule has 0 unspecified atom stereocenters. The summed E-state index contributed by atoms with van der Waals surface area (Å²) in [6, 6.07) is 5.03. The summed E-state index contributed by atoms with van der Waals surface area (Å²) in [5, 5.41) is 0. The topological polar surface area (TPSA) is 11.4 Å². The smallest absolute Gasteiger partial charge is 0.0388 e. The largest absolute Gasteiger partial charge is 0.353 e. The maximum absolute atomic E-state index is 2.56. The molecule has 90 valence electrons. The highest BCUT2D eigenvalue weighted by Gasteiger charge is 2.18. The number of nitrogens with zero attached hydrogens (tertiary/aromatic N) is 3. The second-order valence-electron chi connectivity index (χ2n) is 5.02. The van der Waals surface area contributed by atoms with Crippen LogP contribution in [-0.4, -0.2) is 46.6 Å². The maximum atomic E-state index is 2.56. The fraction of sp³-hybridized carbons (Fsp3) is 0.692. The SMILES string of the molecule is CC(C)N1CCN(Cc2cccn2C)CC1. The summed E-state index contributed by atoms with van der Waals surface area (Å²) in [6.45, 7) is 10.5. The number of hydrogen-bond acceptors (Lipinski definition) is 2. The van der Waals surface area contributed by atoms with E-state index in [9.17, 15) is 0 Å². The van der Waals surface area contributed by atoms with Crippen LogP contribution in [0, 0.1) is 0 Å². The summed E-state index contributed by atoms with van der Waals surface area (Å²) >= 11 is 0. The zero-order valence-corrected chi connectivity index (χ0v) is 10.7. The molecule has 0 aromatic carbocycles. The number of aryl methyl sites for hydroxylation is 1. The van der Waals surface area contributed by atoms with Crippen LogP contribution in [0.5, 0.6) is 0 Å². The van der Waals surface area contributed by atoms with Crippen LogP contribution in [0.25, 0.3) is 0 Å². The summed E-state index contributed by atoms with van der Waals surface area (Å²) in [7, 11) is 2.12. The van der Waals surface area contributed by atoms with E-state index >= 15 is 0 Å². The number of rotatable bonds is 3. The summed E-state index contributed by atoms with van der Waals surface area (Å²) in [5.74, 6) is 0. The Kier molecular flexibility index (Phi) is 3.66. The van der Waals surface area contributed by atoms with E-state index in [1.54, 1.807) is 0 Å². The summed E-state index contributed by atoms with van der Waals surface area (Å²) in [4.78, 5) is 5.11. The predicted molar refractivity (Wildman–Crippen MR) is 67.4 cm³/mol. The first kappa shape index (κ1) is 11.7. The second-order valence-corrected chi connectivity index (χ2v) is 5.02. The fourth-order valence-corrected chi connectivity index (χ4v) is 2.33. The van der Waals surface area contributed by atoms with E-state index in [0.29, 0.717) is 6.04 Å². The highest BCUT2D eigenvalue weighted by molar-refractivity contribution is 5.06. The van der Waals surface area contributed by atoms with Gasteiger partial charge in [0.05, 0.1) is 0 Å². The third-order valence-corrected chi connectivity index (χ3v) is 3.57. The lowest BCUT2D eigenvalue weighted by atomic mass is 10.2. The highest BCUT2D eigenvalue weighted by atomic mass is 15.3. The molecule has 0 amide bonds. The van der Waals surface area contributed by atoms with Gasteiger partial charge in [-0.3, -0.25) is 9.80 Å². The Morgan fingerprint density at radius 2 is 1.88 bits per heavy atom. The van der Waals surface area contributed by atoms with Crippen molar-refractivity contribution in [1.29, 1.82) is 0 Å². The van der Waals surface area contributed by atoms with E-state index in [-0.39, 0.29) is 0 Å². The monoisotopic (exact) mass is 221 g/mol. The minimum atomic E-state index is 0.692. The molecular weight excluding hydrogens is 198 g/mol. The standard InChI is InChI=1S/C13H23N3/c1-12(2)16-9-7-15(8-10-16)11-13-5-4-6-14(13)3/h4-6,12H,7-11H2,1-3H3. The second kappa shape index (κ2) is 5.02. The van der Waals surface area contributed by atoms with Gasteiger partial charge in [0.25, 0.3) is 0 Å². The molecule has 1 saturated heterocycles. The van der Waals surface area contributed by atoms with E-state index in [1.165, 1.54) is 31.9 Å². The van der Waals surface area contributed by atoms with Gasteiger partial charge in [0.15, 0.2) is 0 Å². The first-order valence-electron chi connectivity index (χ1n) is 6.23. The predicted octanol–water partition coefficient (Wildman–Crippen LogP) is 1.55. The van der Waals surface area contributed by atoms with Gasteiger partial charge in [-0.15, -0.1) is 0 Å². The first-order chi connectivity index (χ1) is 7.66. The molecule has 2 heterocycles. The van der Waals surface area contributed by atoms with E-state index in [4.69, 9.17) is 0 Å². The van der Waals surface area contributed by atoms with Crippen molar-refractivity contribution in [2.24, 2.45) is 7.05 Å². The molecule has 1 fully saturated rings. The minimum absolute atomic E-state index is 0.692. The van der Waals surface area contributed by atoms with Crippen molar-refractivity contribution in [3.63, 3.8) is 0 Å². The fourth-order valence-electron chi connectivity index (χ4n) is 2.33. The molecule has 1 aromatic heterocycles. The van der Waals surface area contributed by atoms with Crippen molar-refractivity contribution in [2.45, 2.75) is 26.4 Å². The molecule has 1 aromatic rings. The number of aromatic nitrogens is 1. The molecule has 1 aliphatic rings. The van der Waals surface area contributed by atoms with Crippen molar-refractivity contribution in [3.05, 3.63) is 24.0 Å². The maximum Gasteiger partial charge on any atom is 0.0388 e. The normalized spacial score (nSPS) is 19.5. The van der Waals surface area contributed by atoms with Crippen LogP contribution in [0.1, 0.15) is 19.5 Å². The van der Waals surface area contributed by atoms with Gasteiger partial charge in [-0.25, -0.2) is 0 Å². The minimum Gasteiger partial charge on any atom is -0.353 e. The van der Waals surface area contributed by atoms with Crippen molar-refractivity contribution in [3.8, 4) is 0 Å². The van der Waals surface area contributed by atoms with Crippen LogP contribution in [0.2, 0.25) is 0 Å². The van der Waals surface area contributed by atoms with Gasteiger partial charge < -0.3 is 4.57 Å². The van der Waals surface area contributed by atoms with E-state index in [0.717, 1.165) is 6.54 Å². The zero-order valence-electron chi connectivity index (χ0n) is 10.7. The molecule has 0 atom stereocenters. The van der Waals surface area contributed by atoms with Crippen LogP contribution < -0.4 is 0 Å². The molecule has 3 nitrogen and oxygen atoms in total. The number of hydrogen-bond donors (Lipinski definition) is 0. The van der Waals surface area contributed by atoms with Crippen molar-refractivity contribution in [1.82, 2.24) is 14.4 Å². The number of piperazine rings is 1. The molecular formula is C13H23N3. The lowest BCUT2D eigenvalue weighted by Crippen LogP contribution is -2.48. The van der Waals surface area contributed by atoms with Crippen molar-refractivity contribution < 1.29 is 0 Å². The van der Waals surface area contributed by atoms with Crippen molar-refractivity contribution in [2.75, 3.05) is 26.2 Å². The van der Waals surface area contributed by atoms with Crippen LogP contribution in [0.4, 0.5) is 0 Å². The van der Waals surface area contributed by atoms with Gasteiger partial charge in [-0.1, -0.05) is 0 Å². The summed E-state index contributed by atoms with van der Waals surface area (Å²) in [5.41, 5.74) is 1.41. The molecule has 2 rings (SSSR count).